The number of carbonyl (C=O) groups excluding carboxylic acids is 1. The van der Waals surface area contributed by atoms with Crippen molar-refractivity contribution >= 4 is 12.0 Å². The maximum Gasteiger partial charge on any atom is 0.153 e. The van der Waals surface area contributed by atoms with Crippen molar-refractivity contribution in [2.45, 2.75) is 19.9 Å². The number of anilines is 1. The molecule has 0 aromatic heterocycles. The van der Waals surface area contributed by atoms with Gasteiger partial charge in [0, 0.05) is 11.7 Å². The monoisotopic (exact) mass is 179 g/mol. The molecule has 0 aliphatic rings. The van der Waals surface area contributed by atoms with E-state index in [4.69, 9.17) is 0 Å². The van der Waals surface area contributed by atoms with E-state index >= 15 is 0 Å². The molecule has 1 aromatic carbocycles. The van der Waals surface area contributed by atoms with Crippen molar-refractivity contribution in [3.8, 4) is 5.75 Å². The molecule has 0 aliphatic heterocycles. The van der Waals surface area contributed by atoms with Crippen molar-refractivity contribution in [2.75, 3.05) is 5.32 Å². The average Bonchev–Trinajstić information content (AvgIpc) is 2.07. The minimum absolute atomic E-state index is 0.0179. The quantitative estimate of drug-likeness (QED) is 0.551. The minimum atomic E-state index is 0.0179. The number of hydrogen-bond acceptors (Lipinski definition) is 3. The molecule has 0 saturated heterocycles. The van der Waals surface area contributed by atoms with E-state index in [1.54, 1.807) is 12.1 Å². The van der Waals surface area contributed by atoms with Crippen LogP contribution in [-0.2, 0) is 0 Å². The maximum atomic E-state index is 10.5. The normalized spacial score (nSPS) is 10.1. The first-order chi connectivity index (χ1) is 6.13. The molecule has 3 nitrogen and oxygen atoms in total. The van der Waals surface area contributed by atoms with Gasteiger partial charge in [-0.25, -0.2) is 0 Å². The largest absolute Gasteiger partial charge is 0.507 e. The van der Waals surface area contributed by atoms with Crippen LogP contribution in [0.1, 0.15) is 24.2 Å². The number of hydrogen-bond donors (Lipinski definition) is 2. The van der Waals surface area contributed by atoms with Gasteiger partial charge in [-0.3, -0.25) is 4.79 Å². The van der Waals surface area contributed by atoms with Gasteiger partial charge in [0.25, 0.3) is 0 Å². The van der Waals surface area contributed by atoms with Gasteiger partial charge in [0.15, 0.2) is 6.29 Å². The number of aromatic hydroxyl groups is 1. The van der Waals surface area contributed by atoms with Gasteiger partial charge in [-0.2, -0.15) is 0 Å². The van der Waals surface area contributed by atoms with Crippen molar-refractivity contribution in [1.82, 2.24) is 0 Å². The molecule has 0 unspecified atom stereocenters. The Labute approximate surface area is 77.4 Å². The van der Waals surface area contributed by atoms with Gasteiger partial charge in [0.05, 0.1) is 5.56 Å². The minimum Gasteiger partial charge on any atom is -0.507 e. The van der Waals surface area contributed by atoms with Crippen molar-refractivity contribution < 1.29 is 9.90 Å². The van der Waals surface area contributed by atoms with Gasteiger partial charge in [-0.05, 0) is 32.0 Å². The molecule has 0 radical (unpaired) electrons. The third kappa shape index (κ3) is 2.47. The summed E-state index contributed by atoms with van der Waals surface area (Å²) in [4.78, 5) is 10.5. The summed E-state index contributed by atoms with van der Waals surface area (Å²) < 4.78 is 0. The summed E-state index contributed by atoms with van der Waals surface area (Å²) in [7, 11) is 0. The number of rotatable bonds is 3. The van der Waals surface area contributed by atoms with Crippen molar-refractivity contribution in [1.29, 1.82) is 0 Å². The van der Waals surface area contributed by atoms with Gasteiger partial charge >= 0.3 is 0 Å². The Morgan fingerprint density at radius 3 is 2.69 bits per heavy atom. The molecule has 3 heteroatoms. The van der Waals surface area contributed by atoms with Crippen molar-refractivity contribution in [3.05, 3.63) is 23.8 Å². The fourth-order valence-corrected chi connectivity index (χ4v) is 1.07. The lowest BCUT2D eigenvalue weighted by Gasteiger charge is -2.10. The summed E-state index contributed by atoms with van der Waals surface area (Å²) in [6, 6.07) is 5.18. The molecule has 0 heterocycles. The van der Waals surface area contributed by atoms with Crippen molar-refractivity contribution in [2.24, 2.45) is 0 Å². The molecule has 0 atom stereocenters. The van der Waals surface area contributed by atoms with Gasteiger partial charge in [0.2, 0.25) is 0 Å². The van der Waals surface area contributed by atoms with Crippen LogP contribution in [0.2, 0.25) is 0 Å². The second-order valence-corrected chi connectivity index (χ2v) is 3.19. The van der Waals surface area contributed by atoms with E-state index in [2.05, 4.69) is 5.32 Å². The second-order valence-electron chi connectivity index (χ2n) is 3.19. The molecule has 0 amide bonds. The van der Waals surface area contributed by atoms with Gasteiger partial charge < -0.3 is 10.4 Å². The zero-order valence-corrected chi connectivity index (χ0v) is 7.74. The molecule has 13 heavy (non-hydrogen) atoms. The van der Waals surface area contributed by atoms with Crippen LogP contribution in [0.3, 0.4) is 0 Å². The topological polar surface area (TPSA) is 49.3 Å². The highest BCUT2D eigenvalue weighted by atomic mass is 16.3. The Hall–Kier alpha value is -1.51. The lowest BCUT2D eigenvalue weighted by molar-refractivity contribution is 0.112. The molecule has 0 bridgehead atoms. The van der Waals surface area contributed by atoms with E-state index in [0.717, 1.165) is 5.69 Å². The second kappa shape index (κ2) is 3.94. The highest BCUT2D eigenvalue weighted by molar-refractivity contribution is 5.81. The Kier molecular flexibility index (Phi) is 2.90. The SMILES string of the molecule is CC(C)Nc1ccc(O)c(C=O)c1. The molecule has 2 N–H and O–H groups in total. The summed E-state index contributed by atoms with van der Waals surface area (Å²) >= 11 is 0. The van der Waals surface area contributed by atoms with E-state index in [0.29, 0.717) is 17.9 Å². The van der Waals surface area contributed by atoms with Gasteiger partial charge in [-0.15, -0.1) is 0 Å². The number of aldehydes is 1. The van der Waals surface area contributed by atoms with Crippen LogP contribution in [0.4, 0.5) is 5.69 Å². The predicted molar refractivity (Wildman–Crippen MR) is 52.3 cm³/mol. The van der Waals surface area contributed by atoms with Crippen molar-refractivity contribution in [3.63, 3.8) is 0 Å². The van der Waals surface area contributed by atoms with Crippen LogP contribution in [-0.4, -0.2) is 17.4 Å². The lowest BCUT2D eigenvalue weighted by atomic mass is 10.2. The van der Waals surface area contributed by atoms with Gasteiger partial charge in [0.1, 0.15) is 5.75 Å². The fraction of sp³-hybridized carbons (Fsp3) is 0.300. The summed E-state index contributed by atoms with van der Waals surface area (Å²) in [6.07, 6.45) is 0.640. The Morgan fingerprint density at radius 1 is 1.46 bits per heavy atom. The highest BCUT2D eigenvalue weighted by Crippen LogP contribution is 2.19. The van der Waals surface area contributed by atoms with E-state index < -0.39 is 0 Å². The van der Waals surface area contributed by atoms with Crippen LogP contribution in [0.15, 0.2) is 18.2 Å². The Balaban J connectivity index is 2.92. The van der Waals surface area contributed by atoms with Crippen LogP contribution in [0.25, 0.3) is 0 Å². The fourth-order valence-electron chi connectivity index (χ4n) is 1.07. The third-order valence-electron chi connectivity index (χ3n) is 1.61. The number of nitrogens with one attached hydrogen (secondary N) is 1. The first-order valence-corrected chi connectivity index (χ1v) is 4.18. The number of carbonyl (C=O) groups is 1. The predicted octanol–water partition coefficient (Wildman–Crippen LogP) is 2.02. The Bertz CT molecular complexity index is 308. The van der Waals surface area contributed by atoms with E-state index in [9.17, 15) is 9.90 Å². The summed E-state index contributed by atoms with van der Waals surface area (Å²) in [6.45, 7) is 4.01. The van der Waals surface area contributed by atoms with Crippen LogP contribution in [0.5, 0.6) is 5.75 Å². The lowest BCUT2D eigenvalue weighted by Crippen LogP contribution is -2.09. The average molecular weight is 179 g/mol. The number of phenols is 1. The summed E-state index contributed by atoms with van der Waals surface area (Å²) in [5, 5.41) is 12.3. The molecular formula is C10H13NO2. The number of benzene rings is 1. The standard InChI is InChI=1S/C10H13NO2/c1-7(2)11-9-3-4-10(13)8(5-9)6-12/h3-7,11,13H,1-2H3. The molecule has 1 rings (SSSR count). The Morgan fingerprint density at radius 2 is 2.15 bits per heavy atom. The molecule has 0 saturated carbocycles. The molecule has 0 spiro atoms. The zero-order chi connectivity index (χ0) is 9.84. The van der Waals surface area contributed by atoms with Crippen LogP contribution in [0, 0.1) is 0 Å². The first-order valence-electron chi connectivity index (χ1n) is 4.18. The van der Waals surface area contributed by atoms with E-state index in [1.165, 1.54) is 6.07 Å². The smallest absolute Gasteiger partial charge is 0.153 e. The first kappa shape index (κ1) is 9.58. The number of phenolic OH excluding ortho intramolecular Hbond substituents is 1. The molecular weight excluding hydrogens is 166 g/mol. The maximum absolute atomic E-state index is 10.5. The van der Waals surface area contributed by atoms with Gasteiger partial charge in [-0.1, -0.05) is 0 Å². The van der Waals surface area contributed by atoms with E-state index in [-0.39, 0.29) is 5.75 Å². The summed E-state index contributed by atoms with van der Waals surface area (Å²) in [5.41, 5.74) is 1.15. The van der Waals surface area contributed by atoms with Crippen LogP contribution < -0.4 is 5.32 Å². The molecule has 0 aliphatic carbocycles. The molecule has 0 fully saturated rings. The highest BCUT2D eigenvalue weighted by Gasteiger charge is 2.01. The molecule has 70 valence electrons. The molecule has 1 aromatic rings. The zero-order valence-electron chi connectivity index (χ0n) is 7.74. The van der Waals surface area contributed by atoms with E-state index in [1.807, 2.05) is 13.8 Å². The summed E-state index contributed by atoms with van der Waals surface area (Å²) in [5.74, 6) is 0.0179. The van der Waals surface area contributed by atoms with Crippen LogP contribution >= 0.6 is 0 Å². The third-order valence-corrected chi connectivity index (χ3v) is 1.61.